The van der Waals surface area contributed by atoms with E-state index in [0.29, 0.717) is 16.6 Å². The van der Waals surface area contributed by atoms with Crippen LogP contribution in [0.15, 0.2) is 87.2 Å². The zero-order valence-electron chi connectivity index (χ0n) is 17.6. The number of para-hydroxylation sites is 1. The maximum Gasteiger partial charge on any atom is 0.267 e. The van der Waals surface area contributed by atoms with E-state index in [0.717, 1.165) is 32.8 Å². The second kappa shape index (κ2) is 10.1. The number of amidine groups is 1. The summed E-state index contributed by atoms with van der Waals surface area (Å²) in [6.07, 6.45) is 1.88. The topological polar surface area (TPSA) is 51.1 Å². The Morgan fingerprint density at radius 2 is 1.75 bits per heavy atom. The summed E-state index contributed by atoms with van der Waals surface area (Å²) in [5, 5.41) is 0.649. The molecule has 0 atom stereocenters. The Bertz CT molecular complexity index is 1180. The second-order valence-electron chi connectivity index (χ2n) is 6.97. The maximum absolute atomic E-state index is 13.3. The first kappa shape index (κ1) is 22.2. The largest absolute Gasteiger partial charge is 0.497 e. The predicted octanol–water partition coefficient (Wildman–Crippen LogP) is 6.27. The van der Waals surface area contributed by atoms with Crippen molar-refractivity contribution in [1.82, 2.24) is 4.90 Å². The van der Waals surface area contributed by atoms with Crippen molar-refractivity contribution in [2.75, 3.05) is 14.2 Å². The first-order chi connectivity index (χ1) is 15.6. The number of methoxy groups -OCH3 is 2. The molecule has 1 saturated heterocycles. The van der Waals surface area contributed by atoms with E-state index in [1.807, 2.05) is 78.9 Å². The van der Waals surface area contributed by atoms with Crippen LogP contribution in [-0.4, -0.2) is 30.2 Å². The summed E-state index contributed by atoms with van der Waals surface area (Å²) in [5.41, 5.74) is 2.70. The molecule has 0 aliphatic carbocycles. The van der Waals surface area contributed by atoms with Gasteiger partial charge in [0.2, 0.25) is 0 Å². The highest BCUT2D eigenvalue weighted by molar-refractivity contribution is 9.10. The van der Waals surface area contributed by atoms with Crippen molar-refractivity contribution in [2.45, 2.75) is 6.54 Å². The molecular weight excluding hydrogens is 488 g/mol. The van der Waals surface area contributed by atoms with Gasteiger partial charge in [-0.3, -0.25) is 9.69 Å². The summed E-state index contributed by atoms with van der Waals surface area (Å²) in [6.45, 7) is 0.422. The molecule has 1 aliphatic heterocycles. The van der Waals surface area contributed by atoms with Crippen LogP contribution >= 0.6 is 27.7 Å². The van der Waals surface area contributed by atoms with E-state index in [1.165, 1.54) is 11.8 Å². The fourth-order valence-electron chi connectivity index (χ4n) is 3.18. The number of nitrogens with zero attached hydrogens (tertiary/aromatic N) is 2. The highest BCUT2D eigenvalue weighted by Crippen LogP contribution is 2.36. The molecule has 3 aromatic rings. The van der Waals surface area contributed by atoms with Crippen molar-refractivity contribution in [1.29, 1.82) is 0 Å². The lowest BCUT2D eigenvalue weighted by atomic mass is 10.2. The van der Waals surface area contributed by atoms with Crippen LogP contribution in [-0.2, 0) is 11.3 Å². The second-order valence-corrected chi connectivity index (χ2v) is 8.84. The first-order valence-corrected chi connectivity index (χ1v) is 11.5. The third-order valence-electron chi connectivity index (χ3n) is 4.84. The minimum Gasteiger partial charge on any atom is -0.497 e. The van der Waals surface area contributed by atoms with Crippen LogP contribution < -0.4 is 9.47 Å². The van der Waals surface area contributed by atoms with Crippen LogP contribution in [0.25, 0.3) is 6.08 Å². The van der Waals surface area contributed by atoms with E-state index in [1.54, 1.807) is 19.1 Å². The lowest BCUT2D eigenvalue weighted by Gasteiger charge is -2.16. The van der Waals surface area contributed by atoms with Gasteiger partial charge in [0.05, 0.1) is 35.8 Å². The lowest BCUT2D eigenvalue weighted by Crippen LogP contribution is -2.28. The van der Waals surface area contributed by atoms with Crippen molar-refractivity contribution < 1.29 is 14.3 Å². The minimum absolute atomic E-state index is 0.0764. The number of hydrogen-bond acceptors (Lipinski definition) is 5. The summed E-state index contributed by atoms with van der Waals surface area (Å²) >= 11 is 4.88. The quantitative estimate of drug-likeness (QED) is 0.368. The zero-order valence-corrected chi connectivity index (χ0v) is 20.0. The van der Waals surface area contributed by atoms with Crippen LogP contribution in [0.3, 0.4) is 0 Å². The summed E-state index contributed by atoms with van der Waals surface area (Å²) in [5.74, 6) is 1.44. The lowest BCUT2D eigenvalue weighted by molar-refractivity contribution is -0.122. The number of carbonyl (C=O) groups excluding carboxylic acids is 1. The average molecular weight is 509 g/mol. The van der Waals surface area contributed by atoms with Crippen molar-refractivity contribution in [3.8, 4) is 11.5 Å². The molecule has 1 fully saturated rings. The number of amides is 1. The van der Waals surface area contributed by atoms with Crippen molar-refractivity contribution >= 4 is 50.5 Å². The van der Waals surface area contributed by atoms with Gasteiger partial charge in [-0.1, -0.05) is 36.4 Å². The maximum atomic E-state index is 13.3. The highest BCUT2D eigenvalue weighted by atomic mass is 79.9. The normalized spacial score (nSPS) is 16.1. The summed E-state index contributed by atoms with van der Waals surface area (Å²) in [4.78, 5) is 20.4. The smallest absolute Gasteiger partial charge is 0.267 e. The van der Waals surface area contributed by atoms with Gasteiger partial charge in [-0.15, -0.1) is 0 Å². The molecule has 0 bridgehead atoms. The fourth-order valence-corrected chi connectivity index (χ4v) is 4.74. The third kappa shape index (κ3) is 5.06. The van der Waals surface area contributed by atoms with Crippen LogP contribution in [0, 0.1) is 0 Å². The highest BCUT2D eigenvalue weighted by Gasteiger charge is 2.33. The Kier molecular flexibility index (Phi) is 6.97. The van der Waals surface area contributed by atoms with Gasteiger partial charge in [-0.25, -0.2) is 4.99 Å². The molecule has 0 aromatic heterocycles. The molecule has 0 radical (unpaired) electrons. The van der Waals surface area contributed by atoms with E-state index in [4.69, 9.17) is 14.5 Å². The molecule has 1 aliphatic rings. The predicted molar refractivity (Wildman–Crippen MR) is 133 cm³/mol. The number of halogens is 1. The number of benzene rings is 3. The SMILES string of the molecule is COc1ccc(CN2C(=O)/C(=C/c3ccc(OC)c(Br)c3)SC2=Nc2ccccc2)cc1. The molecule has 1 amide bonds. The molecule has 0 spiro atoms. The van der Waals surface area contributed by atoms with Crippen LogP contribution in [0.4, 0.5) is 5.69 Å². The van der Waals surface area contributed by atoms with E-state index < -0.39 is 0 Å². The Labute approximate surface area is 199 Å². The van der Waals surface area contributed by atoms with Crippen molar-refractivity contribution in [2.24, 2.45) is 4.99 Å². The van der Waals surface area contributed by atoms with Gasteiger partial charge >= 0.3 is 0 Å². The Morgan fingerprint density at radius 3 is 2.41 bits per heavy atom. The monoisotopic (exact) mass is 508 g/mol. The van der Waals surface area contributed by atoms with E-state index in [9.17, 15) is 4.79 Å². The Hall–Kier alpha value is -3.03. The number of aliphatic imine (C=N–C) groups is 1. The third-order valence-corrected chi connectivity index (χ3v) is 6.47. The summed E-state index contributed by atoms with van der Waals surface area (Å²) in [6, 6.07) is 23.1. The van der Waals surface area contributed by atoms with Crippen LogP contribution in [0.2, 0.25) is 0 Å². The van der Waals surface area contributed by atoms with Gasteiger partial charge < -0.3 is 9.47 Å². The fraction of sp³-hybridized carbons (Fsp3) is 0.120. The molecule has 162 valence electrons. The van der Waals surface area contributed by atoms with E-state index in [-0.39, 0.29) is 5.91 Å². The molecule has 0 N–H and O–H groups in total. The molecule has 32 heavy (non-hydrogen) atoms. The molecular formula is C25H21BrN2O3S. The number of rotatable bonds is 6. The average Bonchev–Trinajstić information content (AvgIpc) is 3.09. The van der Waals surface area contributed by atoms with Crippen molar-refractivity contribution in [3.63, 3.8) is 0 Å². The van der Waals surface area contributed by atoms with Gasteiger partial charge in [0.15, 0.2) is 5.17 Å². The number of hydrogen-bond donors (Lipinski definition) is 0. The van der Waals surface area contributed by atoms with E-state index >= 15 is 0 Å². The summed E-state index contributed by atoms with van der Waals surface area (Å²) in [7, 11) is 3.26. The molecule has 0 saturated carbocycles. The molecule has 1 heterocycles. The standard InChI is InChI=1S/C25H21BrN2O3S/c1-30-20-11-8-17(9-12-20)16-28-24(29)23(15-18-10-13-22(31-2)21(26)14-18)32-25(28)27-19-6-4-3-5-7-19/h3-15H,16H2,1-2H3/b23-15-,27-25?. The van der Waals surface area contributed by atoms with Gasteiger partial charge in [-0.2, -0.15) is 0 Å². The minimum atomic E-state index is -0.0764. The van der Waals surface area contributed by atoms with Crippen LogP contribution in [0.5, 0.6) is 11.5 Å². The Morgan fingerprint density at radius 1 is 1.00 bits per heavy atom. The first-order valence-electron chi connectivity index (χ1n) is 9.89. The van der Waals surface area contributed by atoms with Gasteiger partial charge in [0.25, 0.3) is 5.91 Å². The van der Waals surface area contributed by atoms with Gasteiger partial charge in [0.1, 0.15) is 11.5 Å². The summed E-state index contributed by atoms with van der Waals surface area (Å²) < 4.78 is 11.4. The van der Waals surface area contributed by atoms with Gasteiger partial charge in [-0.05, 0) is 81.3 Å². The Balaban J connectivity index is 1.67. The number of carbonyl (C=O) groups is 1. The van der Waals surface area contributed by atoms with E-state index in [2.05, 4.69) is 15.9 Å². The molecule has 4 rings (SSSR count). The number of ether oxygens (including phenoxy) is 2. The molecule has 0 unspecified atom stereocenters. The number of thioether (sulfide) groups is 1. The van der Waals surface area contributed by atoms with Crippen molar-refractivity contribution in [3.05, 3.63) is 93.3 Å². The van der Waals surface area contributed by atoms with Crippen LogP contribution in [0.1, 0.15) is 11.1 Å². The van der Waals surface area contributed by atoms with Gasteiger partial charge in [0, 0.05) is 0 Å². The molecule has 7 heteroatoms. The zero-order chi connectivity index (χ0) is 22.5. The molecule has 3 aromatic carbocycles. The molecule has 5 nitrogen and oxygen atoms in total.